The van der Waals surface area contributed by atoms with E-state index in [1.54, 1.807) is 6.08 Å². The summed E-state index contributed by atoms with van der Waals surface area (Å²) in [5.74, 6) is -0.0436. The van der Waals surface area contributed by atoms with E-state index in [1.165, 1.54) is 16.5 Å². The van der Waals surface area contributed by atoms with Gasteiger partial charge in [0, 0.05) is 55.4 Å². The highest BCUT2D eigenvalue weighted by atomic mass is 16.1. The molecule has 0 unspecified atom stereocenters. The first-order valence-electron chi connectivity index (χ1n) is 10.4. The average molecular weight is 405 g/mol. The summed E-state index contributed by atoms with van der Waals surface area (Å²) in [4.78, 5) is 15.2. The summed E-state index contributed by atoms with van der Waals surface area (Å²) in [6.07, 6.45) is 4.74. The number of nitrogens with one attached hydrogen (secondary N) is 2. The maximum atomic E-state index is 12.9. The van der Waals surface area contributed by atoms with Crippen LogP contribution in [0.15, 0.2) is 61.3 Å². The van der Waals surface area contributed by atoms with Crippen LogP contribution in [0.1, 0.15) is 21.5 Å². The molecular weight excluding hydrogens is 372 g/mol. The number of hydrogen-bond acceptors (Lipinski definition) is 3. The topological polar surface area (TPSA) is 49.3 Å². The number of fused-ring (bicyclic) bond motifs is 1. The average Bonchev–Trinajstić information content (AvgIpc) is 3.07. The minimum atomic E-state index is -0.0436. The minimum absolute atomic E-state index is 0.00393. The van der Waals surface area contributed by atoms with Crippen LogP contribution < -0.4 is 10.6 Å². The number of nitrogens with zero attached hydrogens (tertiary/aromatic N) is 2. The van der Waals surface area contributed by atoms with Gasteiger partial charge in [-0.2, -0.15) is 0 Å². The van der Waals surface area contributed by atoms with E-state index in [0.717, 1.165) is 31.6 Å². The van der Waals surface area contributed by atoms with Gasteiger partial charge in [-0.15, -0.1) is 0 Å². The molecule has 5 nitrogen and oxygen atoms in total. The van der Waals surface area contributed by atoms with Crippen LogP contribution in [0.3, 0.4) is 0 Å². The predicted molar refractivity (Wildman–Crippen MR) is 126 cm³/mol. The van der Waals surface area contributed by atoms with Crippen molar-refractivity contribution in [3.63, 3.8) is 0 Å². The van der Waals surface area contributed by atoms with E-state index in [0.29, 0.717) is 5.56 Å². The second-order valence-electron chi connectivity index (χ2n) is 7.85. The van der Waals surface area contributed by atoms with Gasteiger partial charge in [0.1, 0.15) is 0 Å². The van der Waals surface area contributed by atoms with Crippen LogP contribution in [-0.4, -0.2) is 55.1 Å². The van der Waals surface area contributed by atoms with Crippen LogP contribution in [0.2, 0.25) is 0 Å². The second-order valence-corrected chi connectivity index (χ2v) is 7.85. The summed E-state index contributed by atoms with van der Waals surface area (Å²) in [6, 6.07) is 16.0. The first kappa shape index (κ1) is 21.8. The van der Waals surface area contributed by atoms with Crippen molar-refractivity contribution in [3.05, 3.63) is 78.0 Å². The smallest absolute Gasteiger partial charge is 0.251 e. The number of amides is 1. The van der Waals surface area contributed by atoms with Gasteiger partial charge < -0.3 is 20.1 Å². The van der Waals surface area contributed by atoms with Gasteiger partial charge in [-0.3, -0.25) is 4.79 Å². The maximum Gasteiger partial charge on any atom is 0.251 e. The molecule has 0 saturated heterocycles. The molecule has 0 saturated carbocycles. The molecule has 3 aromatic rings. The largest absolute Gasteiger partial charge is 0.350 e. The maximum absolute atomic E-state index is 12.9. The Bertz CT molecular complexity index is 990. The molecule has 1 amide bonds. The lowest BCUT2D eigenvalue weighted by Crippen LogP contribution is -2.45. The molecule has 3 rings (SSSR count). The fourth-order valence-electron chi connectivity index (χ4n) is 3.82. The third kappa shape index (κ3) is 5.38. The van der Waals surface area contributed by atoms with Crippen LogP contribution in [0.25, 0.3) is 17.0 Å². The lowest BCUT2D eigenvalue weighted by molar-refractivity contribution is 0.0928. The fourth-order valence-corrected chi connectivity index (χ4v) is 3.82. The van der Waals surface area contributed by atoms with Gasteiger partial charge in [0.2, 0.25) is 0 Å². The zero-order chi connectivity index (χ0) is 21.5. The number of hydrogen-bond donors (Lipinski definition) is 2. The van der Waals surface area contributed by atoms with Gasteiger partial charge in [-0.25, -0.2) is 0 Å². The zero-order valence-electron chi connectivity index (χ0n) is 18.2. The van der Waals surface area contributed by atoms with E-state index in [4.69, 9.17) is 0 Å². The highest BCUT2D eigenvalue weighted by Crippen LogP contribution is 2.22. The molecule has 0 aliphatic rings. The standard InChI is InChI=1S/C25H32N4O/c1-5-19-10-12-20(13-11-19)25(30)27-22(18-28(3)15-14-26-2)16-21-17-29(4)24-9-7-6-8-23(21)24/h5-13,17,22,26H,1,14-16,18H2,2-4H3,(H,27,30)/t22-/m1/s1. The summed E-state index contributed by atoms with van der Waals surface area (Å²) in [5.41, 5.74) is 4.13. The molecule has 2 N–H and O–H groups in total. The van der Waals surface area contributed by atoms with Gasteiger partial charge in [0.15, 0.2) is 0 Å². The summed E-state index contributed by atoms with van der Waals surface area (Å²) < 4.78 is 2.16. The molecule has 0 spiro atoms. The molecule has 0 radical (unpaired) electrons. The summed E-state index contributed by atoms with van der Waals surface area (Å²) in [5, 5.41) is 7.69. The highest BCUT2D eigenvalue weighted by molar-refractivity contribution is 5.94. The Kier molecular flexibility index (Phi) is 7.44. The Morgan fingerprint density at radius 3 is 2.63 bits per heavy atom. The van der Waals surface area contributed by atoms with Gasteiger partial charge in [0.25, 0.3) is 5.91 Å². The molecule has 5 heteroatoms. The van der Waals surface area contributed by atoms with E-state index in [-0.39, 0.29) is 11.9 Å². The summed E-state index contributed by atoms with van der Waals surface area (Å²) >= 11 is 0. The van der Waals surface area contributed by atoms with Crippen LogP contribution in [-0.2, 0) is 13.5 Å². The number of rotatable bonds is 10. The van der Waals surface area contributed by atoms with Crippen molar-refractivity contribution in [3.8, 4) is 0 Å². The van der Waals surface area contributed by atoms with Crippen molar-refractivity contribution in [2.24, 2.45) is 7.05 Å². The van der Waals surface area contributed by atoms with E-state index >= 15 is 0 Å². The molecule has 1 atom stereocenters. The molecule has 158 valence electrons. The van der Waals surface area contributed by atoms with E-state index in [9.17, 15) is 4.79 Å². The molecule has 0 fully saturated rings. The molecular formula is C25H32N4O. The Labute approximate surface area is 179 Å². The number of carbonyl (C=O) groups excluding carboxylic acids is 1. The molecule has 1 aromatic heterocycles. The Morgan fingerprint density at radius 1 is 1.20 bits per heavy atom. The zero-order valence-corrected chi connectivity index (χ0v) is 18.2. The lowest BCUT2D eigenvalue weighted by Gasteiger charge is -2.25. The van der Waals surface area contributed by atoms with E-state index in [2.05, 4.69) is 71.2 Å². The summed E-state index contributed by atoms with van der Waals surface area (Å²) in [6.45, 7) is 6.38. The Morgan fingerprint density at radius 2 is 1.93 bits per heavy atom. The SMILES string of the molecule is C=Cc1ccc(C(=O)N[C@H](Cc2cn(C)c3ccccc23)CN(C)CCNC)cc1. The molecule has 0 aliphatic heterocycles. The number of likely N-dealkylation sites (N-methyl/N-ethyl adjacent to an activating group) is 2. The van der Waals surface area contributed by atoms with Gasteiger partial charge >= 0.3 is 0 Å². The Hall–Kier alpha value is -2.89. The lowest BCUT2D eigenvalue weighted by atomic mass is 10.0. The van der Waals surface area contributed by atoms with Crippen molar-refractivity contribution in [2.45, 2.75) is 12.5 Å². The first-order chi connectivity index (χ1) is 14.5. The quantitative estimate of drug-likeness (QED) is 0.545. The normalized spacial score (nSPS) is 12.3. The van der Waals surface area contributed by atoms with Crippen LogP contribution in [0, 0.1) is 0 Å². The third-order valence-corrected chi connectivity index (χ3v) is 5.47. The number of aromatic nitrogens is 1. The van der Waals surface area contributed by atoms with Crippen molar-refractivity contribution in [1.29, 1.82) is 0 Å². The van der Waals surface area contributed by atoms with Crippen molar-refractivity contribution >= 4 is 22.9 Å². The minimum Gasteiger partial charge on any atom is -0.350 e. The Balaban J connectivity index is 1.80. The van der Waals surface area contributed by atoms with Crippen molar-refractivity contribution in [1.82, 2.24) is 20.1 Å². The van der Waals surface area contributed by atoms with Gasteiger partial charge in [-0.05, 0) is 49.8 Å². The highest BCUT2D eigenvalue weighted by Gasteiger charge is 2.19. The van der Waals surface area contributed by atoms with Gasteiger partial charge in [0.05, 0.1) is 0 Å². The number of carbonyl (C=O) groups is 1. The summed E-state index contributed by atoms with van der Waals surface area (Å²) in [7, 11) is 6.12. The number of benzene rings is 2. The predicted octanol–water partition coefficient (Wildman–Crippen LogP) is 3.31. The molecule has 0 bridgehead atoms. The molecule has 0 aliphatic carbocycles. The first-order valence-corrected chi connectivity index (χ1v) is 10.4. The fraction of sp³-hybridized carbons (Fsp3) is 0.320. The second kappa shape index (κ2) is 10.2. The van der Waals surface area contributed by atoms with Crippen LogP contribution in [0.5, 0.6) is 0 Å². The molecule has 2 aromatic carbocycles. The molecule has 1 heterocycles. The number of para-hydroxylation sites is 1. The van der Waals surface area contributed by atoms with E-state index < -0.39 is 0 Å². The third-order valence-electron chi connectivity index (χ3n) is 5.47. The monoisotopic (exact) mass is 404 g/mol. The van der Waals surface area contributed by atoms with Crippen LogP contribution >= 0.6 is 0 Å². The number of aryl methyl sites for hydroxylation is 1. The van der Waals surface area contributed by atoms with Crippen molar-refractivity contribution < 1.29 is 4.79 Å². The van der Waals surface area contributed by atoms with E-state index in [1.807, 2.05) is 31.3 Å². The van der Waals surface area contributed by atoms with Crippen molar-refractivity contribution in [2.75, 3.05) is 33.7 Å². The molecule has 30 heavy (non-hydrogen) atoms. The van der Waals surface area contributed by atoms with Crippen LogP contribution in [0.4, 0.5) is 0 Å². The van der Waals surface area contributed by atoms with Gasteiger partial charge in [-0.1, -0.05) is 43.0 Å².